The molecular weight excluding hydrogens is 492 g/mol. The average Bonchev–Trinajstić information content (AvgIpc) is 3.20. The predicted molar refractivity (Wildman–Crippen MR) is 155 cm³/mol. The molecule has 1 saturated heterocycles. The highest BCUT2D eigenvalue weighted by Gasteiger charge is 2.46. The number of nitrogens with zero attached hydrogens (tertiary/aromatic N) is 2. The van der Waals surface area contributed by atoms with Gasteiger partial charge in [0.1, 0.15) is 23.9 Å². The minimum absolute atomic E-state index is 0.0963. The maximum Gasteiger partial charge on any atom is 0.295 e. The van der Waals surface area contributed by atoms with Crippen LogP contribution in [0.1, 0.15) is 62.8 Å². The Kier molecular flexibility index (Phi) is 11.2. The van der Waals surface area contributed by atoms with Crippen molar-refractivity contribution >= 4 is 17.4 Å². The van der Waals surface area contributed by atoms with Gasteiger partial charge in [0.2, 0.25) is 0 Å². The van der Waals surface area contributed by atoms with E-state index < -0.39 is 17.7 Å². The largest absolute Gasteiger partial charge is 0.507 e. The molecule has 0 aromatic heterocycles. The van der Waals surface area contributed by atoms with Crippen molar-refractivity contribution < 1.29 is 24.2 Å². The van der Waals surface area contributed by atoms with Gasteiger partial charge in [0.05, 0.1) is 18.2 Å². The molecule has 1 N–H and O–H groups in total. The van der Waals surface area contributed by atoms with Gasteiger partial charge in [0, 0.05) is 18.7 Å². The lowest BCUT2D eigenvalue weighted by atomic mass is 9.94. The van der Waals surface area contributed by atoms with Crippen LogP contribution in [-0.2, 0) is 9.59 Å². The van der Waals surface area contributed by atoms with Crippen LogP contribution >= 0.6 is 0 Å². The molecule has 0 radical (unpaired) electrons. The van der Waals surface area contributed by atoms with Crippen molar-refractivity contribution in [2.75, 3.05) is 39.4 Å². The number of carbonyl (C=O) groups excluding carboxylic acids is 2. The van der Waals surface area contributed by atoms with Crippen LogP contribution < -0.4 is 9.47 Å². The van der Waals surface area contributed by atoms with Crippen molar-refractivity contribution in [1.29, 1.82) is 0 Å². The van der Waals surface area contributed by atoms with Crippen LogP contribution in [0.2, 0.25) is 0 Å². The highest BCUT2D eigenvalue weighted by Crippen LogP contribution is 2.40. The van der Waals surface area contributed by atoms with Crippen molar-refractivity contribution in [3.8, 4) is 11.5 Å². The van der Waals surface area contributed by atoms with Gasteiger partial charge in [0.25, 0.3) is 11.7 Å². The summed E-state index contributed by atoms with van der Waals surface area (Å²) in [5, 5.41) is 11.5. The number of amides is 1. The standard InChI is InChI=1S/C32H42N2O5/c1-6-10-11-21-39-25-14-12-24(13-15-25)29-28(31(36)32(37)34(29)19-18-33(8-3)9-4)30(35)27-17-16-26(22-23(27)5)38-20-7-2/h7,12-17,22,29,35H,2,6,8-11,18-21H2,1,3-5H3. The summed E-state index contributed by atoms with van der Waals surface area (Å²) >= 11 is 0. The number of Topliss-reactive ketones (excluding diaryl/α,β-unsaturated/α-hetero) is 1. The molecular formula is C32H42N2O5. The zero-order valence-electron chi connectivity index (χ0n) is 23.7. The fourth-order valence-electron chi connectivity index (χ4n) is 4.83. The van der Waals surface area contributed by atoms with E-state index in [9.17, 15) is 14.7 Å². The Hall–Kier alpha value is -3.58. The van der Waals surface area contributed by atoms with Gasteiger partial charge in [-0.1, -0.05) is 58.4 Å². The lowest BCUT2D eigenvalue weighted by Gasteiger charge is -2.28. The second kappa shape index (κ2) is 14.5. The van der Waals surface area contributed by atoms with E-state index in [0.29, 0.717) is 37.6 Å². The van der Waals surface area contributed by atoms with Gasteiger partial charge in [-0.3, -0.25) is 9.59 Å². The number of likely N-dealkylation sites (N-methyl/N-ethyl adjacent to an activating group) is 1. The van der Waals surface area contributed by atoms with Gasteiger partial charge >= 0.3 is 0 Å². The van der Waals surface area contributed by atoms with Crippen LogP contribution in [0.25, 0.3) is 5.76 Å². The summed E-state index contributed by atoms with van der Waals surface area (Å²) in [7, 11) is 0. The molecule has 1 fully saturated rings. The normalized spacial score (nSPS) is 16.6. The molecule has 0 spiro atoms. The Balaban J connectivity index is 2.01. The number of benzene rings is 2. The second-order valence-corrected chi connectivity index (χ2v) is 9.72. The molecule has 1 aliphatic heterocycles. The Morgan fingerprint density at radius 3 is 2.33 bits per heavy atom. The molecule has 2 aromatic rings. The molecule has 1 unspecified atom stereocenters. The Morgan fingerprint density at radius 1 is 1.03 bits per heavy atom. The number of unbranched alkanes of at least 4 members (excludes halogenated alkanes) is 2. The number of hydrogen-bond acceptors (Lipinski definition) is 6. The average molecular weight is 535 g/mol. The monoisotopic (exact) mass is 534 g/mol. The lowest BCUT2D eigenvalue weighted by molar-refractivity contribution is -0.140. The molecule has 2 aromatic carbocycles. The third-order valence-corrected chi connectivity index (χ3v) is 7.12. The van der Waals surface area contributed by atoms with Gasteiger partial charge in [-0.15, -0.1) is 0 Å². The molecule has 1 heterocycles. The summed E-state index contributed by atoms with van der Waals surface area (Å²) in [5.74, 6) is -0.0903. The predicted octanol–water partition coefficient (Wildman–Crippen LogP) is 5.89. The number of ether oxygens (including phenoxy) is 2. The minimum atomic E-state index is -0.703. The summed E-state index contributed by atoms with van der Waals surface area (Å²) in [6, 6.07) is 12.0. The van der Waals surface area contributed by atoms with E-state index in [1.807, 2.05) is 31.2 Å². The first-order chi connectivity index (χ1) is 18.9. The Morgan fingerprint density at radius 2 is 1.72 bits per heavy atom. The first-order valence-electron chi connectivity index (χ1n) is 13.9. The molecule has 7 nitrogen and oxygen atoms in total. The number of carbonyl (C=O) groups is 2. The first-order valence-corrected chi connectivity index (χ1v) is 13.9. The number of rotatable bonds is 15. The topological polar surface area (TPSA) is 79.3 Å². The molecule has 7 heteroatoms. The van der Waals surface area contributed by atoms with E-state index in [4.69, 9.17) is 9.47 Å². The number of aliphatic hydroxyl groups is 1. The summed E-state index contributed by atoms with van der Waals surface area (Å²) in [5.41, 5.74) is 2.07. The van der Waals surface area contributed by atoms with Crippen LogP contribution in [0.3, 0.4) is 0 Å². The van der Waals surface area contributed by atoms with Crippen molar-refractivity contribution in [3.63, 3.8) is 0 Å². The maximum absolute atomic E-state index is 13.4. The van der Waals surface area contributed by atoms with Gasteiger partial charge in [-0.2, -0.15) is 0 Å². The van der Waals surface area contributed by atoms with Crippen molar-refractivity contribution in [2.24, 2.45) is 0 Å². The van der Waals surface area contributed by atoms with Crippen LogP contribution in [0.4, 0.5) is 0 Å². The molecule has 1 amide bonds. The Bertz CT molecular complexity index is 1170. The quantitative estimate of drug-likeness (QED) is 0.101. The van der Waals surface area contributed by atoms with E-state index in [0.717, 1.165) is 49.2 Å². The molecule has 0 saturated carbocycles. The summed E-state index contributed by atoms with van der Waals surface area (Å²) in [4.78, 5) is 30.5. The number of ketones is 1. The second-order valence-electron chi connectivity index (χ2n) is 9.72. The zero-order valence-corrected chi connectivity index (χ0v) is 23.7. The molecule has 0 bridgehead atoms. The number of aryl methyl sites for hydroxylation is 1. The molecule has 0 aliphatic carbocycles. The van der Waals surface area contributed by atoms with Crippen molar-refractivity contribution in [2.45, 2.75) is 53.0 Å². The molecule has 1 atom stereocenters. The van der Waals surface area contributed by atoms with Gasteiger partial charge in [-0.25, -0.2) is 0 Å². The number of aliphatic hydroxyl groups excluding tert-OH is 1. The van der Waals surface area contributed by atoms with Crippen LogP contribution in [0.15, 0.2) is 60.7 Å². The Labute approximate surface area is 232 Å². The maximum atomic E-state index is 13.4. The molecule has 39 heavy (non-hydrogen) atoms. The van der Waals surface area contributed by atoms with E-state index >= 15 is 0 Å². The number of likely N-dealkylation sites (tertiary alicyclic amines) is 1. The minimum Gasteiger partial charge on any atom is -0.507 e. The van der Waals surface area contributed by atoms with E-state index in [1.165, 1.54) is 0 Å². The molecule has 3 rings (SSSR count). The summed E-state index contributed by atoms with van der Waals surface area (Å²) in [6.07, 6.45) is 4.88. The van der Waals surface area contributed by atoms with Crippen LogP contribution in [-0.4, -0.2) is 66.0 Å². The summed E-state index contributed by atoms with van der Waals surface area (Å²) in [6.45, 7) is 15.5. The van der Waals surface area contributed by atoms with E-state index in [1.54, 1.807) is 29.2 Å². The lowest BCUT2D eigenvalue weighted by Crippen LogP contribution is -2.38. The third-order valence-electron chi connectivity index (χ3n) is 7.12. The van der Waals surface area contributed by atoms with Crippen LogP contribution in [0.5, 0.6) is 11.5 Å². The van der Waals surface area contributed by atoms with Crippen LogP contribution in [0, 0.1) is 6.92 Å². The third kappa shape index (κ3) is 7.30. The molecule has 210 valence electrons. The van der Waals surface area contributed by atoms with Gasteiger partial charge in [0.15, 0.2) is 0 Å². The zero-order chi connectivity index (χ0) is 28.4. The highest BCUT2D eigenvalue weighted by atomic mass is 16.5. The van der Waals surface area contributed by atoms with Crippen molar-refractivity contribution in [3.05, 3.63) is 77.4 Å². The van der Waals surface area contributed by atoms with Crippen molar-refractivity contribution in [1.82, 2.24) is 9.80 Å². The van der Waals surface area contributed by atoms with E-state index in [-0.39, 0.29) is 11.3 Å². The van der Waals surface area contributed by atoms with Gasteiger partial charge < -0.3 is 24.4 Å². The van der Waals surface area contributed by atoms with Gasteiger partial charge in [-0.05, 0) is 67.9 Å². The summed E-state index contributed by atoms with van der Waals surface area (Å²) < 4.78 is 11.5. The van der Waals surface area contributed by atoms with E-state index in [2.05, 4.69) is 32.3 Å². The highest BCUT2D eigenvalue weighted by molar-refractivity contribution is 6.46. The molecule has 1 aliphatic rings. The fraction of sp³-hybridized carbons (Fsp3) is 0.438. The number of hydrogen-bond donors (Lipinski definition) is 1. The SMILES string of the molecule is C=CCOc1ccc(C(O)=C2C(=O)C(=O)N(CCN(CC)CC)C2c2ccc(OCCCCC)cc2)c(C)c1. The fourth-order valence-corrected chi connectivity index (χ4v) is 4.83. The smallest absolute Gasteiger partial charge is 0.295 e. The first kappa shape index (κ1) is 30.0.